The third-order valence-corrected chi connectivity index (χ3v) is 3.46. The molecule has 1 N–H and O–H groups in total. The maximum Gasteiger partial charge on any atom is 0.205 e. The van der Waals surface area contributed by atoms with Crippen LogP contribution < -0.4 is 5.32 Å². The molecule has 2 heterocycles. The van der Waals surface area contributed by atoms with Crippen molar-refractivity contribution in [1.82, 2.24) is 20.0 Å². The predicted molar refractivity (Wildman–Crippen MR) is 69.1 cm³/mol. The van der Waals surface area contributed by atoms with Gasteiger partial charge in [-0.05, 0) is 18.9 Å². The van der Waals surface area contributed by atoms with Gasteiger partial charge in [0, 0.05) is 12.7 Å². The first kappa shape index (κ1) is 12.0. The molecule has 0 amide bonds. The van der Waals surface area contributed by atoms with Crippen molar-refractivity contribution >= 4 is 16.5 Å². The number of rotatable bonds is 6. The van der Waals surface area contributed by atoms with Crippen molar-refractivity contribution in [2.45, 2.75) is 39.8 Å². The van der Waals surface area contributed by atoms with Crippen LogP contribution in [0.25, 0.3) is 0 Å². The van der Waals surface area contributed by atoms with E-state index < -0.39 is 0 Å². The van der Waals surface area contributed by atoms with Crippen LogP contribution in [0.15, 0.2) is 12.3 Å². The number of nitrogens with zero attached hydrogens (tertiary/aromatic N) is 4. The first-order valence-corrected chi connectivity index (χ1v) is 6.72. The van der Waals surface area contributed by atoms with Crippen LogP contribution in [0.4, 0.5) is 5.13 Å². The van der Waals surface area contributed by atoms with Gasteiger partial charge in [0.25, 0.3) is 0 Å². The van der Waals surface area contributed by atoms with Gasteiger partial charge in [0.2, 0.25) is 5.13 Å². The Labute approximate surface area is 105 Å². The van der Waals surface area contributed by atoms with Gasteiger partial charge < -0.3 is 5.32 Å². The fourth-order valence-electron chi connectivity index (χ4n) is 1.56. The van der Waals surface area contributed by atoms with Crippen molar-refractivity contribution in [3.05, 3.63) is 23.0 Å². The minimum atomic E-state index is 0.748. The van der Waals surface area contributed by atoms with Crippen LogP contribution in [0, 0.1) is 0 Å². The van der Waals surface area contributed by atoms with Gasteiger partial charge in [-0.3, -0.25) is 4.68 Å². The maximum absolute atomic E-state index is 4.28. The van der Waals surface area contributed by atoms with E-state index >= 15 is 0 Å². The number of hydrogen-bond donors (Lipinski definition) is 1. The van der Waals surface area contributed by atoms with E-state index in [1.807, 2.05) is 16.9 Å². The molecule has 6 heteroatoms. The van der Waals surface area contributed by atoms with Crippen LogP contribution in [0.2, 0.25) is 0 Å². The van der Waals surface area contributed by atoms with E-state index in [1.54, 1.807) is 11.3 Å². The molecule has 0 saturated heterocycles. The highest BCUT2D eigenvalue weighted by atomic mass is 32.1. The summed E-state index contributed by atoms with van der Waals surface area (Å²) >= 11 is 1.61. The topological polar surface area (TPSA) is 55.6 Å². The van der Waals surface area contributed by atoms with E-state index in [4.69, 9.17) is 0 Å². The molecule has 0 aliphatic heterocycles. The highest BCUT2D eigenvalue weighted by molar-refractivity contribution is 7.15. The lowest BCUT2D eigenvalue weighted by molar-refractivity contribution is 0.578. The molecule has 0 fully saturated rings. The SMILES string of the molecule is CCCn1nccc1CNc1nnc(CC)s1. The van der Waals surface area contributed by atoms with Crippen molar-refractivity contribution in [3.63, 3.8) is 0 Å². The Morgan fingerprint density at radius 3 is 2.94 bits per heavy atom. The van der Waals surface area contributed by atoms with Gasteiger partial charge in [-0.1, -0.05) is 25.2 Å². The minimum absolute atomic E-state index is 0.748. The van der Waals surface area contributed by atoms with Crippen molar-refractivity contribution in [1.29, 1.82) is 0 Å². The number of hydrogen-bond acceptors (Lipinski definition) is 5. The van der Waals surface area contributed by atoms with Gasteiger partial charge in [0.15, 0.2) is 0 Å². The Balaban J connectivity index is 1.94. The Morgan fingerprint density at radius 1 is 1.35 bits per heavy atom. The standard InChI is InChI=1S/C11H17N5S/c1-3-7-16-9(5-6-13-16)8-12-11-15-14-10(4-2)17-11/h5-6H,3-4,7-8H2,1-2H3,(H,12,15). The molecule has 0 spiro atoms. The van der Waals surface area contributed by atoms with Gasteiger partial charge >= 0.3 is 0 Å². The Hall–Kier alpha value is -1.43. The van der Waals surface area contributed by atoms with Gasteiger partial charge in [-0.25, -0.2) is 0 Å². The zero-order valence-electron chi connectivity index (χ0n) is 10.2. The summed E-state index contributed by atoms with van der Waals surface area (Å²) in [5.74, 6) is 0. The number of nitrogens with one attached hydrogen (secondary N) is 1. The third-order valence-electron chi connectivity index (χ3n) is 2.43. The fraction of sp³-hybridized carbons (Fsp3) is 0.545. The third kappa shape index (κ3) is 3.03. The van der Waals surface area contributed by atoms with Gasteiger partial charge in [0.1, 0.15) is 5.01 Å². The van der Waals surface area contributed by atoms with E-state index in [1.165, 1.54) is 5.69 Å². The lowest BCUT2D eigenvalue weighted by Crippen LogP contribution is -2.08. The normalized spacial score (nSPS) is 10.7. The molecular formula is C11H17N5S. The van der Waals surface area contributed by atoms with Crippen LogP contribution >= 0.6 is 11.3 Å². The molecule has 2 aromatic heterocycles. The average molecular weight is 251 g/mol. The summed E-state index contributed by atoms with van der Waals surface area (Å²) in [5.41, 5.74) is 1.18. The van der Waals surface area contributed by atoms with Crippen LogP contribution in [0.3, 0.4) is 0 Å². The molecule has 2 rings (SSSR count). The molecular weight excluding hydrogens is 234 g/mol. The summed E-state index contributed by atoms with van der Waals surface area (Å²) in [5, 5.41) is 17.7. The van der Waals surface area contributed by atoms with Gasteiger partial charge in [-0.15, -0.1) is 10.2 Å². The second-order valence-electron chi connectivity index (χ2n) is 3.75. The zero-order chi connectivity index (χ0) is 12.1. The van der Waals surface area contributed by atoms with Crippen LogP contribution in [-0.2, 0) is 19.5 Å². The molecule has 5 nitrogen and oxygen atoms in total. The van der Waals surface area contributed by atoms with E-state index in [-0.39, 0.29) is 0 Å². The van der Waals surface area contributed by atoms with E-state index in [0.717, 1.165) is 36.1 Å². The Morgan fingerprint density at radius 2 is 2.24 bits per heavy atom. The predicted octanol–water partition coefficient (Wildman–Crippen LogP) is 2.32. The number of anilines is 1. The second kappa shape index (κ2) is 5.77. The summed E-state index contributed by atoms with van der Waals surface area (Å²) in [6.07, 6.45) is 3.87. The molecule has 0 aromatic carbocycles. The smallest absolute Gasteiger partial charge is 0.205 e. The largest absolute Gasteiger partial charge is 0.354 e. The first-order valence-electron chi connectivity index (χ1n) is 5.90. The summed E-state index contributed by atoms with van der Waals surface area (Å²) in [6, 6.07) is 2.03. The summed E-state index contributed by atoms with van der Waals surface area (Å²) in [7, 11) is 0. The molecule has 2 aromatic rings. The van der Waals surface area contributed by atoms with E-state index in [2.05, 4.69) is 34.5 Å². The average Bonchev–Trinajstić information content (AvgIpc) is 2.95. The van der Waals surface area contributed by atoms with Crippen LogP contribution in [0.5, 0.6) is 0 Å². The molecule has 0 bridgehead atoms. The zero-order valence-corrected chi connectivity index (χ0v) is 11.0. The highest BCUT2D eigenvalue weighted by Crippen LogP contribution is 2.16. The van der Waals surface area contributed by atoms with Crippen molar-refractivity contribution in [3.8, 4) is 0 Å². The van der Waals surface area contributed by atoms with Crippen LogP contribution in [-0.4, -0.2) is 20.0 Å². The molecule has 92 valence electrons. The van der Waals surface area contributed by atoms with E-state index in [9.17, 15) is 0 Å². The van der Waals surface area contributed by atoms with Crippen LogP contribution in [0.1, 0.15) is 31.0 Å². The second-order valence-corrected chi connectivity index (χ2v) is 4.82. The number of aromatic nitrogens is 4. The molecule has 0 saturated carbocycles. The van der Waals surface area contributed by atoms with Gasteiger partial charge in [-0.2, -0.15) is 5.10 Å². The quantitative estimate of drug-likeness (QED) is 0.856. The highest BCUT2D eigenvalue weighted by Gasteiger charge is 2.04. The molecule has 0 aliphatic carbocycles. The van der Waals surface area contributed by atoms with E-state index in [0.29, 0.717) is 0 Å². The summed E-state index contributed by atoms with van der Waals surface area (Å²) in [6.45, 7) is 5.94. The van der Waals surface area contributed by atoms with Crippen molar-refractivity contribution in [2.24, 2.45) is 0 Å². The Kier molecular flexibility index (Phi) is 4.08. The van der Waals surface area contributed by atoms with Crippen molar-refractivity contribution < 1.29 is 0 Å². The molecule has 17 heavy (non-hydrogen) atoms. The molecule has 0 aliphatic rings. The first-order chi connectivity index (χ1) is 8.33. The lowest BCUT2D eigenvalue weighted by Gasteiger charge is -2.06. The minimum Gasteiger partial charge on any atom is -0.354 e. The summed E-state index contributed by atoms with van der Waals surface area (Å²) in [4.78, 5) is 0. The monoisotopic (exact) mass is 251 g/mol. The molecule has 0 atom stereocenters. The maximum atomic E-state index is 4.28. The van der Waals surface area contributed by atoms with Gasteiger partial charge in [0.05, 0.1) is 12.2 Å². The Bertz CT molecular complexity index is 462. The molecule has 0 unspecified atom stereocenters. The molecule has 0 radical (unpaired) electrons. The summed E-state index contributed by atoms with van der Waals surface area (Å²) < 4.78 is 2.02. The fourth-order valence-corrected chi connectivity index (χ4v) is 2.23. The van der Waals surface area contributed by atoms with Crippen molar-refractivity contribution in [2.75, 3.05) is 5.32 Å². The number of aryl methyl sites for hydroxylation is 2. The lowest BCUT2D eigenvalue weighted by atomic mass is 10.4.